The van der Waals surface area contributed by atoms with Crippen molar-refractivity contribution in [2.45, 2.75) is 71.0 Å². The van der Waals surface area contributed by atoms with Gasteiger partial charge in [-0.05, 0) is 68.1 Å². The van der Waals surface area contributed by atoms with Gasteiger partial charge in [0.05, 0.1) is 18.8 Å². The Morgan fingerprint density at radius 1 is 1.09 bits per heavy atom. The van der Waals surface area contributed by atoms with Gasteiger partial charge in [0, 0.05) is 10.8 Å². The van der Waals surface area contributed by atoms with Gasteiger partial charge < -0.3 is 15.3 Å². The molecule has 23 heavy (non-hydrogen) atoms. The van der Waals surface area contributed by atoms with E-state index in [0.29, 0.717) is 11.8 Å². The minimum absolute atomic E-state index is 0.0101. The van der Waals surface area contributed by atoms with Crippen molar-refractivity contribution in [3.63, 3.8) is 0 Å². The SMILES string of the molecule is C=C1C[C@@]23C[C@@H]1CC[C@@H]2[C@@]1(C)CCC(O)[C@@](C)(CO)[C@@H]1CC3O. The summed E-state index contributed by atoms with van der Waals surface area (Å²) in [5.74, 6) is 1.30. The molecular weight excluding hydrogens is 288 g/mol. The third kappa shape index (κ3) is 1.82. The van der Waals surface area contributed by atoms with Crippen LogP contribution in [0.25, 0.3) is 0 Å². The molecule has 4 saturated carbocycles. The third-order valence-electron chi connectivity index (χ3n) is 8.83. The highest BCUT2D eigenvalue weighted by atomic mass is 16.3. The highest BCUT2D eigenvalue weighted by Crippen LogP contribution is 2.71. The Balaban J connectivity index is 1.78. The summed E-state index contributed by atoms with van der Waals surface area (Å²) in [6.07, 6.45) is 6.22. The van der Waals surface area contributed by atoms with E-state index in [0.717, 1.165) is 32.1 Å². The van der Waals surface area contributed by atoms with E-state index in [1.165, 1.54) is 18.4 Å². The summed E-state index contributed by atoms with van der Waals surface area (Å²) in [6.45, 7) is 8.74. The van der Waals surface area contributed by atoms with Gasteiger partial charge in [-0.15, -0.1) is 0 Å². The fourth-order valence-corrected chi connectivity index (χ4v) is 7.51. The Kier molecular flexibility index (Phi) is 3.38. The maximum atomic E-state index is 11.2. The molecule has 0 aromatic rings. The molecule has 4 rings (SSSR count). The van der Waals surface area contributed by atoms with Crippen molar-refractivity contribution in [1.29, 1.82) is 0 Å². The number of aliphatic hydroxyl groups is 3. The third-order valence-corrected chi connectivity index (χ3v) is 8.83. The van der Waals surface area contributed by atoms with Crippen molar-refractivity contribution >= 4 is 0 Å². The van der Waals surface area contributed by atoms with Gasteiger partial charge in [-0.3, -0.25) is 0 Å². The number of hydrogen-bond donors (Lipinski definition) is 3. The van der Waals surface area contributed by atoms with Gasteiger partial charge in [0.15, 0.2) is 0 Å². The fraction of sp³-hybridized carbons (Fsp3) is 0.900. The number of fused-ring (bicyclic) bond motifs is 3. The van der Waals surface area contributed by atoms with E-state index in [1.807, 2.05) is 6.92 Å². The molecule has 4 aliphatic carbocycles. The van der Waals surface area contributed by atoms with Crippen LogP contribution in [0.1, 0.15) is 58.8 Å². The summed E-state index contributed by atoms with van der Waals surface area (Å²) in [5, 5.41) is 31.8. The predicted molar refractivity (Wildman–Crippen MR) is 89.7 cm³/mol. The van der Waals surface area contributed by atoms with E-state index in [-0.39, 0.29) is 29.5 Å². The Morgan fingerprint density at radius 3 is 2.52 bits per heavy atom. The van der Waals surface area contributed by atoms with E-state index in [4.69, 9.17) is 0 Å². The van der Waals surface area contributed by atoms with Crippen molar-refractivity contribution < 1.29 is 15.3 Å². The zero-order chi connectivity index (χ0) is 16.6. The van der Waals surface area contributed by atoms with Gasteiger partial charge in [0.2, 0.25) is 0 Å². The Labute approximate surface area is 139 Å². The number of aliphatic hydroxyl groups excluding tert-OH is 3. The zero-order valence-electron chi connectivity index (χ0n) is 14.6. The number of allylic oxidation sites excluding steroid dienone is 1. The minimum atomic E-state index is -0.484. The lowest BCUT2D eigenvalue weighted by Gasteiger charge is -2.66. The van der Waals surface area contributed by atoms with Crippen molar-refractivity contribution in [3.8, 4) is 0 Å². The summed E-state index contributed by atoms with van der Waals surface area (Å²) < 4.78 is 0. The standard InChI is InChI=1S/C20H32O3/c1-12-9-20-10-13(12)4-5-14(20)18(2)7-6-16(22)19(3,11-21)15(18)8-17(20)23/h13-17,21-23H,1,4-11H2,2-3H3/t13-,14+,15+,16?,17?,18+,19-,20+/m0/s1. The van der Waals surface area contributed by atoms with Gasteiger partial charge in [0.25, 0.3) is 0 Å². The van der Waals surface area contributed by atoms with E-state index in [9.17, 15) is 15.3 Å². The Morgan fingerprint density at radius 2 is 1.83 bits per heavy atom. The predicted octanol–water partition coefficient (Wildman–Crippen LogP) is 2.89. The topological polar surface area (TPSA) is 60.7 Å². The van der Waals surface area contributed by atoms with Crippen molar-refractivity contribution in [2.24, 2.45) is 34.0 Å². The normalized spacial score (nSPS) is 58.7. The molecule has 0 heterocycles. The first-order valence-electron chi connectivity index (χ1n) is 9.42. The molecule has 0 saturated heterocycles. The van der Waals surface area contributed by atoms with Gasteiger partial charge in [0.1, 0.15) is 0 Å². The van der Waals surface area contributed by atoms with Gasteiger partial charge >= 0.3 is 0 Å². The van der Waals surface area contributed by atoms with Gasteiger partial charge in [-0.1, -0.05) is 26.0 Å². The second kappa shape index (κ2) is 4.83. The van der Waals surface area contributed by atoms with Crippen molar-refractivity contribution in [2.75, 3.05) is 6.61 Å². The van der Waals surface area contributed by atoms with Crippen LogP contribution >= 0.6 is 0 Å². The second-order valence-corrected chi connectivity index (χ2v) is 9.63. The fourth-order valence-electron chi connectivity index (χ4n) is 7.51. The van der Waals surface area contributed by atoms with E-state index in [1.54, 1.807) is 0 Å². The molecule has 0 amide bonds. The molecule has 4 fully saturated rings. The average Bonchev–Trinajstić information content (AvgIpc) is 2.78. The minimum Gasteiger partial charge on any atom is -0.396 e. The molecule has 130 valence electrons. The lowest BCUT2D eigenvalue weighted by molar-refractivity contribution is -0.230. The second-order valence-electron chi connectivity index (χ2n) is 9.63. The lowest BCUT2D eigenvalue weighted by Crippen LogP contribution is -2.64. The molecule has 3 heteroatoms. The van der Waals surface area contributed by atoms with Crippen molar-refractivity contribution in [3.05, 3.63) is 12.2 Å². The highest BCUT2D eigenvalue weighted by Gasteiger charge is 2.67. The van der Waals surface area contributed by atoms with Crippen LogP contribution in [0.4, 0.5) is 0 Å². The average molecular weight is 320 g/mol. The molecule has 1 spiro atoms. The quantitative estimate of drug-likeness (QED) is 0.651. The van der Waals surface area contributed by atoms with Crippen LogP contribution in [0.2, 0.25) is 0 Å². The van der Waals surface area contributed by atoms with Crippen molar-refractivity contribution in [1.82, 2.24) is 0 Å². The molecule has 2 bridgehead atoms. The lowest BCUT2D eigenvalue weighted by atomic mass is 9.40. The zero-order valence-corrected chi connectivity index (χ0v) is 14.6. The molecule has 0 aromatic heterocycles. The maximum absolute atomic E-state index is 11.2. The van der Waals surface area contributed by atoms with E-state index < -0.39 is 11.5 Å². The van der Waals surface area contributed by atoms with Gasteiger partial charge in [-0.2, -0.15) is 0 Å². The first kappa shape index (κ1) is 16.1. The molecule has 3 N–H and O–H groups in total. The monoisotopic (exact) mass is 320 g/mol. The molecule has 8 atom stereocenters. The largest absolute Gasteiger partial charge is 0.396 e. The first-order chi connectivity index (χ1) is 10.8. The summed E-state index contributed by atoms with van der Waals surface area (Å²) in [6, 6.07) is 0. The first-order valence-corrected chi connectivity index (χ1v) is 9.42. The summed E-state index contributed by atoms with van der Waals surface area (Å²) in [7, 11) is 0. The number of hydrogen-bond acceptors (Lipinski definition) is 3. The van der Waals surface area contributed by atoms with Crippen LogP contribution in [0.15, 0.2) is 12.2 Å². The van der Waals surface area contributed by atoms with E-state index >= 15 is 0 Å². The molecule has 0 radical (unpaired) electrons. The molecule has 4 aliphatic rings. The molecule has 2 unspecified atom stereocenters. The Bertz CT molecular complexity index is 531. The van der Waals surface area contributed by atoms with Crippen LogP contribution in [0, 0.1) is 34.0 Å². The molecule has 0 aliphatic heterocycles. The smallest absolute Gasteiger partial charge is 0.0618 e. The summed E-state index contributed by atoms with van der Waals surface area (Å²) in [5.41, 5.74) is 1.01. The van der Waals surface area contributed by atoms with Crippen LogP contribution in [0.5, 0.6) is 0 Å². The van der Waals surface area contributed by atoms with Crippen LogP contribution in [0.3, 0.4) is 0 Å². The summed E-state index contributed by atoms with van der Waals surface area (Å²) in [4.78, 5) is 0. The van der Waals surface area contributed by atoms with Crippen LogP contribution in [-0.4, -0.2) is 34.1 Å². The van der Waals surface area contributed by atoms with Crippen LogP contribution in [-0.2, 0) is 0 Å². The molecular formula is C20H32O3. The summed E-state index contributed by atoms with van der Waals surface area (Å²) >= 11 is 0. The highest BCUT2D eigenvalue weighted by molar-refractivity contribution is 5.24. The maximum Gasteiger partial charge on any atom is 0.0618 e. The number of rotatable bonds is 1. The van der Waals surface area contributed by atoms with Gasteiger partial charge in [-0.25, -0.2) is 0 Å². The molecule has 3 nitrogen and oxygen atoms in total. The molecule has 0 aromatic carbocycles. The Hall–Kier alpha value is -0.380. The van der Waals surface area contributed by atoms with E-state index in [2.05, 4.69) is 13.5 Å². The van der Waals surface area contributed by atoms with Crippen LogP contribution < -0.4 is 0 Å².